The summed E-state index contributed by atoms with van der Waals surface area (Å²) < 4.78 is 9.89. The van der Waals surface area contributed by atoms with Crippen LogP contribution in [0, 0.1) is 5.92 Å². The fourth-order valence-electron chi connectivity index (χ4n) is 2.28. The van der Waals surface area contributed by atoms with Gasteiger partial charge in [-0.2, -0.15) is 12.6 Å². The van der Waals surface area contributed by atoms with Crippen molar-refractivity contribution < 1.29 is 19.1 Å². The third-order valence-electron chi connectivity index (χ3n) is 3.37. The average molecular weight is 295 g/mol. The van der Waals surface area contributed by atoms with Crippen molar-refractivity contribution in [3.63, 3.8) is 0 Å². The maximum absolute atomic E-state index is 12.0. The molecule has 1 aromatic rings. The molecule has 1 amide bonds. The molecule has 0 aromatic heterocycles. The van der Waals surface area contributed by atoms with Crippen molar-refractivity contribution >= 4 is 30.2 Å². The van der Waals surface area contributed by atoms with Crippen LogP contribution in [0.5, 0.6) is 5.75 Å². The van der Waals surface area contributed by atoms with Gasteiger partial charge in [-0.3, -0.25) is 4.79 Å². The van der Waals surface area contributed by atoms with E-state index in [9.17, 15) is 9.59 Å². The van der Waals surface area contributed by atoms with Gasteiger partial charge < -0.3 is 14.4 Å². The highest BCUT2D eigenvalue weighted by Gasteiger charge is 2.30. The van der Waals surface area contributed by atoms with Crippen LogP contribution < -0.4 is 9.64 Å². The second-order valence-corrected chi connectivity index (χ2v) is 5.00. The number of carbonyl (C=O) groups is 2. The zero-order valence-electron chi connectivity index (χ0n) is 11.5. The third kappa shape index (κ3) is 2.75. The van der Waals surface area contributed by atoms with E-state index < -0.39 is 5.97 Å². The minimum Gasteiger partial charge on any atom is -0.496 e. The molecule has 1 unspecified atom stereocenters. The monoisotopic (exact) mass is 295 g/mol. The smallest absolute Gasteiger partial charge is 0.341 e. The molecule has 0 spiro atoms. The summed E-state index contributed by atoms with van der Waals surface area (Å²) in [7, 11) is 2.80. The Bertz CT molecular complexity index is 532. The molecular formula is C14H17NO4S. The van der Waals surface area contributed by atoms with E-state index in [1.165, 1.54) is 14.2 Å². The zero-order chi connectivity index (χ0) is 14.7. The minimum atomic E-state index is -0.464. The first kappa shape index (κ1) is 14.7. The van der Waals surface area contributed by atoms with Crippen molar-refractivity contribution in [2.45, 2.75) is 6.42 Å². The number of rotatable bonds is 4. The largest absolute Gasteiger partial charge is 0.496 e. The van der Waals surface area contributed by atoms with Gasteiger partial charge in [0.2, 0.25) is 5.91 Å². The van der Waals surface area contributed by atoms with Crippen LogP contribution in [0.15, 0.2) is 18.2 Å². The van der Waals surface area contributed by atoms with Crippen molar-refractivity contribution in [1.82, 2.24) is 0 Å². The topological polar surface area (TPSA) is 55.8 Å². The van der Waals surface area contributed by atoms with E-state index in [1.807, 2.05) is 0 Å². The fraction of sp³-hybridized carbons (Fsp3) is 0.429. The molecule has 1 atom stereocenters. The Morgan fingerprint density at radius 3 is 2.75 bits per heavy atom. The van der Waals surface area contributed by atoms with E-state index in [2.05, 4.69) is 12.6 Å². The number of ether oxygens (including phenoxy) is 2. The van der Waals surface area contributed by atoms with E-state index in [1.54, 1.807) is 23.1 Å². The molecule has 0 saturated carbocycles. The lowest BCUT2D eigenvalue weighted by atomic mass is 10.1. The number of benzene rings is 1. The van der Waals surface area contributed by atoms with Crippen LogP contribution in [0.2, 0.25) is 0 Å². The van der Waals surface area contributed by atoms with Crippen molar-refractivity contribution in [2.75, 3.05) is 31.4 Å². The summed E-state index contributed by atoms with van der Waals surface area (Å²) in [6.45, 7) is 0.642. The van der Waals surface area contributed by atoms with Gasteiger partial charge in [0, 0.05) is 24.7 Å². The summed E-state index contributed by atoms with van der Waals surface area (Å²) in [4.78, 5) is 25.3. The fourth-order valence-corrected chi connectivity index (χ4v) is 2.52. The number of methoxy groups -OCH3 is 2. The van der Waals surface area contributed by atoms with Gasteiger partial charge in [-0.25, -0.2) is 4.79 Å². The standard InChI is InChI=1S/C14H17NO4S/c1-18-12-6-10(3-4-11(12)14(17)19-2)15-7-9(8-20)5-13(15)16/h3-4,6,9,20H,5,7-8H2,1-2H3. The second-order valence-electron chi connectivity index (χ2n) is 4.63. The maximum Gasteiger partial charge on any atom is 0.341 e. The van der Waals surface area contributed by atoms with Crippen LogP contribution in [-0.2, 0) is 9.53 Å². The molecule has 20 heavy (non-hydrogen) atoms. The third-order valence-corrected chi connectivity index (χ3v) is 3.88. The van der Waals surface area contributed by atoms with E-state index in [-0.39, 0.29) is 11.8 Å². The Labute approximate surface area is 123 Å². The molecular weight excluding hydrogens is 278 g/mol. The minimum absolute atomic E-state index is 0.0666. The van der Waals surface area contributed by atoms with Crippen LogP contribution in [0.25, 0.3) is 0 Å². The van der Waals surface area contributed by atoms with Gasteiger partial charge in [0.15, 0.2) is 0 Å². The number of amides is 1. The van der Waals surface area contributed by atoms with Crippen molar-refractivity contribution in [1.29, 1.82) is 0 Å². The van der Waals surface area contributed by atoms with Crippen LogP contribution >= 0.6 is 12.6 Å². The molecule has 2 rings (SSSR count). The summed E-state index contributed by atoms with van der Waals surface area (Å²) >= 11 is 4.24. The Kier molecular flexibility index (Phi) is 4.54. The van der Waals surface area contributed by atoms with Crippen molar-refractivity contribution in [2.24, 2.45) is 5.92 Å². The van der Waals surface area contributed by atoms with Gasteiger partial charge >= 0.3 is 5.97 Å². The summed E-state index contributed by atoms with van der Waals surface area (Å²) in [5.41, 5.74) is 1.07. The average Bonchev–Trinajstić information content (AvgIpc) is 2.86. The number of thiol groups is 1. The molecule has 1 aliphatic heterocycles. The van der Waals surface area contributed by atoms with Gasteiger partial charge in [0.25, 0.3) is 0 Å². The Hall–Kier alpha value is -1.69. The first-order valence-corrected chi connectivity index (χ1v) is 6.91. The van der Waals surface area contributed by atoms with Crippen LogP contribution in [0.3, 0.4) is 0 Å². The number of carbonyl (C=O) groups excluding carboxylic acids is 2. The molecule has 0 radical (unpaired) electrons. The molecule has 1 aliphatic rings. The number of nitrogens with zero attached hydrogens (tertiary/aromatic N) is 1. The number of anilines is 1. The molecule has 0 bridgehead atoms. The van der Waals surface area contributed by atoms with Gasteiger partial charge in [-0.15, -0.1) is 0 Å². The highest BCUT2D eigenvalue weighted by Crippen LogP contribution is 2.30. The summed E-state index contributed by atoms with van der Waals surface area (Å²) in [6, 6.07) is 5.03. The quantitative estimate of drug-likeness (QED) is 0.679. The molecule has 0 N–H and O–H groups in total. The molecule has 5 nitrogen and oxygen atoms in total. The highest BCUT2D eigenvalue weighted by molar-refractivity contribution is 7.80. The molecule has 108 valence electrons. The van der Waals surface area contributed by atoms with E-state index in [0.717, 1.165) is 5.69 Å². The van der Waals surface area contributed by atoms with Crippen molar-refractivity contribution in [3.05, 3.63) is 23.8 Å². The van der Waals surface area contributed by atoms with Crippen molar-refractivity contribution in [3.8, 4) is 5.75 Å². The van der Waals surface area contributed by atoms with Gasteiger partial charge in [0.05, 0.1) is 14.2 Å². The summed E-state index contributed by atoms with van der Waals surface area (Å²) in [6.07, 6.45) is 0.505. The predicted molar refractivity (Wildman–Crippen MR) is 78.6 cm³/mol. The molecule has 6 heteroatoms. The predicted octanol–water partition coefficient (Wildman–Crippen LogP) is 1.76. The lowest BCUT2D eigenvalue weighted by Gasteiger charge is -2.18. The maximum atomic E-state index is 12.0. The van der Waals surface area contributed by atoms with E-state index >= 15 is 0 Å². The van der Waals surface area contributed by atoms with Crippen LogP contribution in [0.4, 0.5) is 5.69 Å². The molecule has 1 fully saturated rings. The number of esters is 1. The number of hydrogen-bond acceptors (Lipinski definition) is 5. The van der Waals surface area contributed by atoms with Crippen LogP contribution in [-0.4, -0.2) is 38.4 Å². The first-order chi connectivity index (χ1) is 9.60. The van der Waals surface area contributed by atoms with E-state index in [4.69, 9.17) is 9.47 Å². The SMILES string of the molecule is COC(=O)c1ccc(N2CC(CS)CC2=O)cc1OC. The highest BCUT2D eigenvalue weighted by atomic mass is 32.1. The first-order valence-electron chi connectivity index (χ1n) is 6.28. The molecule has 1 heterocycles. The Morgan fingerprint density at radius 1 is 1.45 bits per heavy atom. The summed E-state index contributed by atoms with van der Waals surface area (Å²) in [5, 5.41) is 0. The molecule has 1 saturated heterocycles. The zero-order valence-corrected chi connectivity index (χ0v) is 12.4. The normalized spacial score (nSPS) is 18.2. The van der Waals surface area contributed by atoms with Crippen LogP contribution in [0.1, 0.15) is 16.8 Å². The van der Waals surface area contributed by atoms with Gasteiger partial charge in [-0.05, 0) is 23.8 Å². The van der Waals surface area contributed by atoms with E-state index in [0.29, 0.717) is 30.0 Å². The summed E-state index contributed by atoms with van der Waals surface area (Å²) in [5.74, 6) is 0.944. The van der Waals surface area contributed by atoms with Gasteiger partial charge in [-0.1, -0.05) is 0 Å². The lowest BCUT2D eigenvalue weighted by molar-refractivity contribution is -0.117. The number of hydrogen-bond donors (Lipinski definition) is 1. The van der Waals surface area contributed by atoms with Gasteiger partial charge in [0.1, 0.15) is 11.3 Å². The second kappa shape index (κ2) is 6.17. The molecule has 0 aliphatic carbocycles. The lowest BCUT2D eigenvalue weighted by Crippen LogP contribution is -2.24. The Balaban J connectivity index is 2.30. The Morgan fingerprint density at radius 2 is 2.20 bits per heavy atom. The molecule has 1 aromatic carbocycles.